The van der Waals surface area contributed by atoms with E-state index in [0.717, 1.165) is 13.4 Å². The second kappa shape index (κ2) is 5.83. The summed E-state index contributed by atoms with van der Waals surface area (Å²) in [6.07, 6.45) is -0.325. The number of phenolic OH excluding ortho intramolecular Hbond substituents is 1. The van der Waals surface area contributed by atoms with E-state index >= 15 is 0 Å². The molecule has 6 nitrogen and oxygen atoms in total. The molecule has 0 aliphatic heterocycles. The zero-order valence-corrected chi connectivity index (χ0v) is 10.8. The molecule has 18 heavy (non-hydrogen) atoms. The van der Waals surface area contributed by atoms with Crippen molar-refractivity contribution >= 4 is 16.1 Å². The van der Waals surface area contributed by atoms with Crippen LogP contribution in [0.1, 0.15) is 5.56 Å². The van der Waals surface area contributed by atoms with Gasteiger partial charge >= 0.3 is 5.97 Å². The van der Waals surface area contributed by atoms with Gasteiger partial charge < -0.3 is 9.84 Å². The zero-order valence-electron chi connectivity index (χ0n) is 9.99. The maximum atomic E-state index is 11.4. The topological polar surface area (TPSA) is 89.9 Å². The van der Waals surface area contributed by atoms with E-state index in [9.17, 15) is 13.2 Å². The first-order valence-corrected chi connectivity index (χ1v) is 6.87. The molecule has 0 fully saturated rings. The largest absolute Gasteiger partial charge is 0.508 e. The lowest BCUT2D eigenvalue weighted by Gasteiger charge is -2.13. The van der Waals surface area contributed by atoms with E-state index in [1.54, 1.807) is 12.1 Å². The third kappa shape index (κ3) is 4.72. The molecule has 0 aromatic heterocycles. The van der Waals surface area contributed by atoms with Gasteiger partial charge in [0.25, 0.3) is 10.1 Å². The summed E-state index contributed by atoms with van der Waals surface area (Å²) < 4.78 is 31.2. The average molecular weight is 274 g/mol. The van der Waals surface area contributed by atoms with Crippen LogP contribution in [-0.2, 0) is 30.3 Å². The summed E-state index contributed by atoms with van der Waals surface area (Å²) in [7, 11) is -2.61. The van der Waals surface area contributed by atoms with Crippen molar-refractivity contribution in [2.24, 2.45) is 0 Å². The van der Waals surface area contributed by atoms with E-state index in [2.05, 4.69) is 8.92 Å². The average Bonchev–Trinajstić information content (AvgIpc) is 2.28. The van der Waals surface area contributed by atoms with Crippen LogP contribution in [-0.4, -0.2) is 39.0 Å². The highest BCUT2D eigenvalue weighted by Crippen LogP contribution is 2.14. The van der Waals surface area contributed by atoms with Crippen LogP contribution in [0.4, 0.5) is 0 Å². The summed E-state index contributed by atoms with van der Waals surface area (Å²) in [6.45, 7) is 0. The number of methoxy groups -OCH3 is 1. The second-order valence-corrected chi connectivity index (χ2v) is 5.28. The maximum absolute atomic E-state index is 11.4. The molecule has 1 atom stereocenters. The standard InChI is InChI=1S/C11H14O6S/c1-16-11(13)10(17-18(2,14)15)7-8-3-5-9(12)6-4-8/h3-6,10,12H,7H2,1-2H3. The van der Waals surface area contributed by atoms with Crippen molar-refractivity contribution in [3.8, 4) is 5.75 Å². The number of carbonyl (C=O) groups excluding carboxylic acids is 1. The lowest BCUT2D eigenvalue weighted by molar-refractivity contribution is -0.148. The number of hydrogen-bond donors (Lipinski definition) is 1. The van der Waals surface area contributed by atoms with Crippen LogP contribution in [0.5, 0.6) is 5.75 Å². The molecule has 0 spiro atoms. The van der Waals surface area contributed by atoms with E-state index < -0.39 is 22.2 Å². The Bertz CT molecular complexity index is 505. The molecule has 1 unspecified atom stereocenters. The fraction of sp³-hybridized carbons (Fsp3) is 0.364. The molecule has 7 heteroatoms. The van der Waals surface area contributed by atoms with Crippen LogP contribution >= 0.6 is 0 Å². The third-order valence-electron chi connectivity index (χ3n) is 2.11. The number of benzene rings is 1. The van der Waals surface area contributed by atoms with Crippen LogP contribution in [0.3, 0.4) is 0 Å². The van der Waals surface area contributed by atoms with Gasteiger partial charge in [0, 0.05) is 6.42 Å². The molecule has 0 aliphatic rings. The van der Waals surface area contributed by atoms with Crippen molar-refractivity contribution in [2.75, 3.05) is 13.4 Å². The highest BCUT2D eigenvalue weighted by Gasteiger charge is 2.25. The molecule has 1 N–H and O–H groups in total. The van der Waals surface area contributed by atoms with E-state index in [4.69, 9.17) is 5.11 Å². The third-order valence-corrected chi connectivity index (χ3v) is 2.69. The van der Waals surface area contributed by atoms with Gasteiger partial charge in [0.15, 0.2) is 6.10 Å². The van der Waals surface area contributed by atoms with Crippen LogP contribution in [0.2, 0.25) is 0 Å². The Balaban J connectivity index is 2.84. The van der Waals surface area contributed by atoms with Crippen LogP contribution in [0.15, 0.2) is 24.3 Å². The summed E-state index contributed by atoms with van der Waals surface area (Å²) in [6, 6.07) is 6.00. The monoisotopic (exact) mass is 274 g/mol. The van der Waals surface area contributed by atoms with E-state index in [0.29, 0.717) is 5.56 Å². The van der Waals surface area contributed by atoms with Gasteiger partial charge in [0.1, 0.15) is 5.75 Å². The minimum atomic E-state index is -3.76. The molecule has 0 amide bonds. The lowest BCUT2D eigenvalue weighted by Crippen LogP contribution is -2.30. The summed E-state index contributed by atoms with van der Waals surface area (Å²) in [5.74, 6) is -0.689. The second-order valence-electron chi connectivity index (χ2n) is 3.68. The Morgan fingerprint density at radius 3 is 2.33 bits per heavy atom. The Hall–Kier alpha value is -1.60. The predicted octanol–water partition coefficient (Wildman–Crippen LogP) is 0.452. The molecule has 1 rings (SSSR count). The van der Waals surface area contributed by atoms with Crippen molar-refractivity contribution < 1.29 is 27.2 Å². The van der Waals surface area contributed by atoms with Crippen LogP contribution in [0.25, 0.3) is 0 Å². The minimum absolute atomic E-state index is 0.0417. The van der Waals surface area contributed by atoms with Crippen molar-refractivity contribution in [3.63, 3.8) is 0 Å². The molecule has 1 aromatic carbocycles. The minimum Gasteiger partial charge on any atom is -0.508 e. The van der Waals surface area contributed by atoms with Gasteiger partial charge in [-0.1, -0.05) is 12.1 Å². The molecule has 1 aromatic rings. The Labute approximate surface area is 105 Å². The molecule has 0 radical (unpaired) electrons. The molecule has 0 heterocycles. The fourth-order valence-electron chi connectivity index (χ4n) is 1.35. The number of aromatic hydroxyl groups is 1. The first kappa shape index (κ1) is 14.5. The lowest BCUT2D eigenvalue weighted by atomic mass is 10.1. The van der Waals surface area contributed by atoms with Crippen LogP contribution in [0, 0.1) is 0 Å². The molecule has 0 saturated heterocycles. The Kier molecular flexibility index (Phi) is 4.69. The molecular weight excluding hydrogens is 260 g/mol. The number of esters is 1. The number of ether oxygens (including phenoxy) is 1. The number of carbonyl (C=O) groups is 1. The highest BCUT2D eigenvalue weighted by molar-refractivity contribution is 7.86. The predicted molar refractivity (Wildman–Crippen MR) is 63.5 cm³/mol. The van der Waals surface area contributed by atoms with Gasteiger partial charge in [-0.05, 0) is 17.7 Å². The van der Waals surface area contributed by atoms with Gasteiger partial charge in [-0.2, -0.15) is 8.42 Å². The fourth-order valence-corrected chi connectivity index (χ4v) is 1.91. The van der Waals surface area contributed by atoms with Gasteiger partial charge in [-0.15, -0.1) is 0 Å². The number of hydrogen-bond acceptors (Lipinski definition) is 6. The zero-order chi connectivity index (χ0) is 13.8. The Morgan fingerprint density at radius 1 is 1.33 bits per heavy atom. The Morgan fingerprint density at radius 2 is 1.89 bits per heavy atom. The first-order chi connectivity index (χ1) is 8.31. The maximum Gasteiger partial charge on any atom is 0.336 e. The smallest absolute Gasteiger partial charge is 0.336 e. The molecule has 0 saturated carbocycles. The van der Waals surface area contributed by atoms with Crippen molar-refractivity contribution in [3.05, 3.63) is 29.8 Å². The summed E-state index contributed by atoms with van der Waals surface area (Å²) in [4.78, 5) is 11.4. The van der Waals surface area contributed by atoms with Crippen LogP contribution < -0.4 is 0 Å². The molecule has 0 bridgehead atoms. The van der Waals surface area contributed by atoms with E-state index in [-0.39, 0.29) is 12.2 Å². The van der Waals surface area contributed by atoms with Crippen molar-refractivity contribution in [1.29, 1.82) is 0 Å². The molecule has 100 valence electrons. The van der Waals surface area contributed by atoms with E-state index in [1.807, 2.05) is 0 Å². The number of rotatable bonds is 5. The van der Waals surface area contributed by atoms with Gasteiger partial charge in [0.05, 0.1) is 13.4 Å². The van der Waals surface area contributed by atoms with Gasteiger partial charge in [-0.3, -0.25) is 4.18 Å². The highest BCUT2D eigenvalue weighted by atomic mass is 32.2. The SMILES string of the molecule is COC(=O)C(Cc1ccc(O)cc1)OS(C)(=O)=O. The summed E-state index contributed by atoms with van der Waals surface area (Å²) in [5, 5.41) is 9.11. The normalized spacial score (nSPS) is 13.0. The molecular formula is C11H14O6S. The first-order valence-electron chi connectivity index (χ1n) is 5.06. The van der Waals surface area contributed by atoms with Crippen molar-refractivity contribution in [1.82, 2.24) is 0 Å². The van der Waals surface area contributed by atoms with Gasteiger partial charge in [0.2, 0.25) is 0 Å². The summed E-state index contributed by atoms with van der Waals surface area (Å²) >= 11 is 0. The van der Waals surface area contributed by atoms with Gasteiger partial charge in [-0.25, -0.2) is 4.79 Å². The van der Waals surface area contributed by atoms with Crippen molar-refractivity contribution in [2.45, 2.75) is 12.5 Å². The number of phenols is 1. The molecule has 0 aliphatic carbocycles. The van der Waals surface area contributed by atoms with E-state index in [1.165, 1.54) is 12.1 Å². The summed E-state index contributed by atoms with van der Waals surface area (Å²) in [5.41, 5.74) is 0.645. The quantitative estimate of drug-likeness (QED) is 0.619.